The van der Waals surface area contributed by atoms with Gasteiger partial charge in [-0.25, -0.2) is 4.98 Å². The van der Waals surface area contributed by atoms with Gasteiger partial charge in [0.25, 0.3) is 0 Å². The second-order valence-corrected chi connectivity index (χ2v) is 6.20. The van der Waals surface area contributed by atoms with Crippen LogP contribution < -0.4 is 5.32 Å². The summed E-state index contributed by atoms with van der Waals surface area (Å²) in [6, 6.07) is 17.8. The Hall–Kier alpha value is -2.17. The van der Waals surface area contributed by atoms with E-state index in [0.29, 0.717) is 12.3 Å². The zero-order valence-electron chi connectivity index (χ0n) is 12.3. The molecule has 0 saturated carbocycles. The van der Waals surface area contributed by atoms with E-state index in [1.807, 2.05) is 47.8 Å². The lowest BCUT2D eigenvalue weighted by Crippen LogP contribution is -2.11. The first-order valence-electron chi connectivity index (χ1n) is 7.23. The first-order chi connectivity index (χ1) is 11.3. The van der Waals surface area contributed by atoms with E-state index < -0.39 is 0 Å². The molecule has 0 bridgehead atoms. The van der Waals surface area contributed by atoms with Crippen molar-refractivity contribution in [3.8, 4) is 21.8 Å². The Morgan fingerprint density at radius 3 is 2.48 bits per heavy atom. The van der Waals surface area contributed by atoms with Gasteiger partial charge in [0, 0.05) is 34.5 Å². The third-order valence-electron chi connectivity index (χ3n) is 3.31. The second-order valence-electron chi connectivity index (χ2n) is 4.97. The predicted octanol–water partition coefficient (Wildman–Crippen LogP) is 5.04. The van der Waals surface area contributed by atoms with Gasteiger partial charge in [-0.05, 0) is 12.1 Å². The molecule has 1 amide bonds. The summed E-state index contributed by atoms with van der Waals surface area (Å²) in [5.74, 6) is 0.248. The molecule has 3 nitrogen and oxygen atoms in total. The van der Waals surface area contributed by atoms with E-state index in [1.165, 1.54) is 0 Å². The fourth-order valence-corrected chi connectivity index (χ4v) is 3.16. The Morgan fingerprint density at radius 1 is 1.04 bits per heavy atom. The first kappa shape index (κ1) is 15.7. The maximum Gasteiger partial charge on any atom is 0.225 e. The molecular formula is C18H15ClN2OS. The maximum absolute atomic E-state index is 11.5. The van der Waals surface area contributed by atoms with E-state index in [4.69, 9.17) is 11.6 Å². The van der Waals surface area contributed by atoms with Crippen molar-refractivity contribution in [2.24, 2.45) is 0 Å². The highest BCUT2D eigenvalue weighted by Gasteiger charge is 2.07. The molecule has 5 heteroatoms. The number of benzene rings is 2. The van der Waals surface area contributed by atoms with Gasteiger partial charge in [-0.15, -0.1) is 22.9 Å². The summed E-state index contributed by atoms with van der Waals surface area (Å²) in [5, 5.41) is 5.86. The van der Waals surface area contributed by atoms with Crippen molar-refractivity contribution in [3.05, 3.63) is 60.0 Å². The summed E-state index contributed by atoms with van der Waals surface area (Å²) in [6.45, 7) is 0. The number of hydrogen-bond acceptors (Lipinski definition) is 3. The normalized spacial score (nSPS) is 10.5. The SMILES string of the molecule is O=C(CCCl)Nc1ccc(-c2csc(-c3ccccc3)n2)cc1. The van der Waals surface area contributed by atoms with E-state index in [2.05, 4.69) is 22.4 Å². The number of anilines is 1. The Morgan fingerprint density at radius 2 is 1.78 bits per heavy atom. The molecule has 3 rings (SSSR count). The van der Waals surface area contributed by atoms with Crippen LogP contribution in [0.1, 0.15) is 6.42 Å². The number of carbonyl (C=O) groups is 1. The molecule has 1 aromatic heterocycles. The molecule has 2 aromatic carbocycles. The van der Waals surface area contributed by atoms with Crippen molar-refractivity contribution in [1.29, 1.82) is 0 Å². The molecule has 0 aliphatic carbocycles. The zero-order chi connectivity index (χ0) is 16.1. The Labute approximate surface area is 144 Å². The van der Waals surface area contributed by atoms with Crippen molar-refractivity contribution in [3.63, 3.8) is 0 Å². The van der Waals surface area contributed by atoms with Gasteiger partial charge in [-0.2, -0.15) is 0 Å². The molecule has 1 heterocycles. The highest BCUT2D eigenvalue weighted by Crippen LogP contribution is 2.29. The number of alkyl halides is 1. The van der Waals surface area contributed by atoms with Crippen molar-refractivity contribution in [1.82, 2.24) is 4.98 Å². The molecule has 0 atom stereocenters. The molecule has 23 heavy (non-hydrogen) atoms. The zero-order valence-corrected chi connectivity index (χ0v) is 13.9. The number of thiazole rings is 1. The van der Waals surface area contributed by atoms with Crippen LogP contribution in [0, 0.1) is 0 Å². The summed E-state index contributed by atoms with van der Waals surface area (Å²) in [4.78, 5) is 16.2. The van der Waals surface area contributed by atoms with Crippen LogP contribution >= 0.6 is 22.9 Å². The number of nitrogens with one attached hydrogen (secondary N) is 1. The average molecular weight is 343 g/mol. The van der Waals surface area contributed by atoms with Crippen LogP contribution in [0.3, 0.4) is 0 Å². The third-order valence-corrected chi connectivity index (χ3v) is 4.39. The average Bonchev–Trinajstić information content (AvgIpc) is 3.07. The minimum atomic E-state index is -0.0761. The number of hydrogen-bond donors (Lipinski definition) is 1. The molecular weight excluding hydrogens is 328 g/mol. The summed E-state index contributed by atoms with van der Waals surface area (Å²) < 4.78 is 0. The molecule has 0 fully saturated rings. The fraction of sp³-hybridized carbons (Fsp3) is 0.111. The molecule has 3 aromatic rings. The van der Waals surface area contributed by atoms with Gasteiger partial charge in [-0.1, -0.05) is 42.5 Å². The molecule has 0 spiro atoms. The van der Waals surface area contributed by atoms with Crippen LogP contribution in [0.4, 0.5) is 5.69 Å². The lowest BCUT2D eigenvalue weighted by Gasteiger charge is -2.04. The minimum absolute atomic E-state index is 0.0761. The van der Waals surface area contributed by atoms with E-state index in [-0.39, 0.29) is 5.91 Å². The largest absolute Gasteiger partial charge is 0.326 e. The van der Waals surface area contributed by atoms with Crippen LogP contribution in [0.2, 0.25) is 0 Å². The first-order valence-corrected chi connectivity index (χ1v) is 8.65. The minimum Gasteiger partial charge on any atom is -0.326 e. The van der Waals surface area contributed by atoms with Crippen molar-refractivity contribution >= 4 is 34.5 Å². The maximum atomic E-state index is 11.5. The van der Waals surface area contributed by atoms with Gasteiger partial charge >= 0.3 is 0 Å². The van der Waals surface area contributed by atoms with Gasteiger partial charge < -0.3 is 5.32 Å². The highest BCUT2D eigenvalue weighted by atomic mass is 35.5. The summed E-state index contributed by atoms with van der Waals surface area (Å²) in [6.07, 6.45) is 0.315. The Kier molecular flexibility index (Phi) is 5.05. The molecule has 1 N–H and O–H groups in total. The van der Waals surface area contributed by atoms with Crippen LogP contribution in [-0.2, 0) is 4.79 Å². The van der Waals surface area contributed by atoms with Gasteiger partial charge in [0.05, 0.1) is 5.69 Å². The lowest BCUT2D eigenvalue weighted by molar-refractivity contribution is -0.115. The van der Waals surface area contributed by atoms with Gasteiger partial charge in [0.1, 0.15) is 5.01 Å². The highest BCUT2D eigenvalue weighted by molar-refractivity contribution is 7.13. The van der Waals surface area contributed by atoms with E-state index in [9.17, 15) is 4.79 Å². The Balaban J connectivity index is 1.75. The lowest BCUT2D eigenvalue weighted by atomic mass is 10.1. The molecule has 0 saturated heterocycles. The number of nitrogens with zero attached hydrogens (tertiary/aromatic N) is 1. The summed E-state index contributed by atoms with van der Waals surface area (Å²) >= 11 is 7.18. The fourth-order valence-electron chi connectivity index (χ4n) is 2.15. The molecule has 0 aliphatic rings. The van der Waals surface area contributed by atoms with Crippen LogP contribution in [-0.4, -0.2) is 16.8 Å². The van der Waals surface area contributed by atoms with E-state index in [0.717, 1.165) is 27.5 Å². The van der Waals surface area contributed by atoms with Gasteiger partial charge in [0.15, 0.2) is 0 Å². The quantitative estimate of drug-likeness (QED) is 0.659. The number of carbonyl (C=O) groups excluding carboxylic acids is 1. The summed E-state index contributed by atoms with van der Waals surface area (Å²) in [5.41, 5.74) is 3.85. The number of aromatic nitrogens is 1. The smallest absolute Gasteiger partial charge is 0.225 e. The second kappa shape index (κ2) is 7.40. The van der Waals surface area contributed by atoms with E-state index >= 15 is 0 Å². The standard InChI is InChI=1S/C18H15ClN2OS/c19-11-10-17(22)20-15-8-6-13(7-9-15)16-12-23-18(21-16)14-4-2-1-3-5-14/h1-9,12H,10-11H2,(H,20,22). The number of rotatable bonds is 5. The number of amides is 1. The number of halogens is 1. The van der Waals surface area contributed by atoms with Crippen molar-refractivity contribution in [2.75, 3.05) is 11.2 Å². The van der Waals surface area contributed by atoms with Crippen molar-refractivity contribution in [2.45, 2.75) is 6.42 Å². The molecule has 116 valence electrons. The molecule has 0 aliphatic heterocycles. The molecule has 0 radical (unpaired) electrons. The predicted molar refractivity (Wildman–Crippen MR) is 97.0 cm³/mol. The van der Waals surface area contributed by atoms with Gasteiger partial charge in [0.2, 0.25) is 5.91 Å². The summed E-state index contributed by atoms with van der Waals surface area (Å²) in [7, 11) is 0. The van der Waals surface area contributed by atoms with E-state index in [1.54, 1.807) is 11.3 Å². The Bertz CT molecular complexity index is 784. The topological polar surface area (TPSA) is 42.0 Å². The van der Waals surface area contributed by atoms with Crippen LogP contribution in [0.25, 0.3) is 21.8 Å². The molecule has 0 unspecified atom stereocenters. The van der Waals surface area contributed by atoms with Gasteiger partial charge in [-0.3, -0.25) is 4.79 Å². The monoisotopic (exact) mass is 342 g/mol. The van der Waals surface area contributed by atoms with Crippen molar-refractivity contribution < 1.29 is 4.79 Å². The van der Waals surface area contributed by atoms with Crippen LogP contribution in [0.15, 0.2) is 60.0 Å². The third kappa shape index (κ3) is 3.97. The van der Waals surface area contributed by atoms with Crippen LogP contribution in [0.5, 0.6) is 0 Å².